The van der Waals surface area contributed by atoms with E-state index in [0.29, 0.717) is 10.9 Å². The van der Waals surface area contributed by atoms with Gasteiger partial charge in [0.25, 0.3) is 0 Å². The van der Waals surface area contributed by atoms with E-state index in [0.717, 1.165) is 48.3 Å². The van der Waals surface area contributed by atoms with Crippen molar-refractivity contribution in [3.8, 4) is 11.5 Å². The van der Waals surface area contributed by atoms with E-state index in [4.69, 9.17) is 21.7 Å². The maximum atomic E-state index is 5.34. The summed E-state index contributed by atoms with van der Waals surface area (Å²) in [6, 6.07) is 3.91. The van der Waals surface area contributed by atoms with Crippen LogP contribution in [0.2, 0.25) is 0 Å². The van der Waals surface area contributed by atoms with Crippen LogP contribution in [0.5, 0.6) is 11.5 Å². The van der Waals surface area contributed by atoms with Gasteiger partial charge in [-0.05, 0) is 63.4 Å². The first-order valence-corrected chi connectivity index (χ1v) is 8.75. The van der Waals surface area contributed by atoms with Crippen molar-refractivity contribution in [3.63, 3.8) is 0 Å². The quantitative estimate of drug-likeness (QED) is 0.487. The molecule has 130 valence electrons. The Morgan fingerprint density at radius 1 is 1.13 bits per heavy atom. The molecular weight excluding hydrogens is 378 g/mol. The topological polar surface area (TPSA) is 45.8 Å². The van der Waals surface area contributed by atoms with E-state index in [1.165, 1.54) is 0 Å². The molecule has 0 heterocycles. The highest BCUT2D eigenvalue weighted by Gasteiger charge is 2.09. The Balaban J connectivity index is 2.39. The molecule has 0 amide bonds. The number of nitrogens with one attached hydrogen (secondary N) is 2. The van der Waals surface area contributed by atoms with Gasteiger partial charge >= 0.3 is 0 Å². The number of halogens is 1. The number of benzene rings is 1. The molecule has 0 saturated carbocycles. The highest BCUT2D eigenvalue weighted by atomic mass is 79.9. The Labute approximate surface area is 152 Å². The molecule has 2 N–H and O–H groups in total. The van der Waals surface area contributed by atoms with Crippen LogP contribution < -0.4 is 20.1 Å². The van der Waals surface area contributed by atoms with E-state index in [1.807, 2.05) is 12.1 Å². The Hall–Kier alpha value is -1.05. The lowest BCUT2D eigenvalue weighted by Gasteiger charge is -2.14. The van der Waals surface area contributed by atoms with Crippen LogP contribution in [0.15, 0.2) is 16.6 Å². The molecule has 1 rings (SSSR count). The molecule has 0 fully saturated rings. The lowest BCUT2D eigenvalue weighted by atomic mass is 10.1. The largest absolute Gasteiger partial charge is 0.493 e. The minimum atomic E-state index is 0.695. The first-order chi connectivity index (χ1) is 11.0. The van der Waals surface area contributed by atoms with Crippen LogP contribution in [0.25, 0.3) is 0 Å². The fourth-order valence-electron chi connectivity index (χ4n) is 2.06. The zero-order chi connectivity index (χ0) is 17.2. The number of thiocarbonyl (C=S) groups is 1. The van der Waals surface area contributed by atoms with E-state index in [1.54, 1.807) is 14.2 Å². The molecule has 0 aliphatic heterocycles. The van der Waals surface area contributed by atoms with Gasteiger partial charge < -0.3 is 25.0 Å². The van der Waals surface area contributed by atoms with Gasteiger partial charge in [-0.15, -0.1) is 0 Å². The lowest BCUT2D eigenvalue weighted by Crippen LogP contribution is -2.37. The van der Waals surface area contributed by atoms with Crippen molar-refractivity contribution in [2.24, 2.45) is 0 Å². The second-order valence-electron chi connectivity index (χ2n) is 5.39. The number of hydrogen-bond acceptors (Lipinski definition) is 4. The van der Waals surface area contributed by atoms with E-state index in [2.05, 4.69) is 45.6 Å². The van der Waals surface area contributed by atoms with Gasteiger partial charge in [-0.2, -0.15) is 0 Å². The Kier molecular flexibility index (Phi) is 9.28. The molecule has 1 aromatic rings. The molecule has 0 bridgehead atoms. The van der Waals surface area contributed by atoms with Gasteiger partial charge in [-0.25, -0.2) is 0 Å². The third-order valence-corrected chi connectivity index (χ3v) is 4.33. The zero-order valence-electron chi connectivity index (χ0n) is 14.2. The summed E-state index contributed by atoms with van der Waals surface area (Å²) in [5.74, 6) is 1.45. The minimum Gasteiger partial charge on any atom is -0.493 e. The molecule has 5 nitrogen and oxygen atoms in total. The Bertz CT molecular complexity index is 512. The number of ether oxygens (including phenoxy) is 2. The third-order valence-electron chi connectivity index (χ3n) is 3.30. The molecular formula is C16H26BrN3O2S. The average Bonchev–Trinajstić information content (AvgIpc) is 2.52. The summed E-state index contributed by atoms with van der Waals surface area (Å²) in [7, 11) is 7.40. The molecule has 0 unspecified atom stereocenters. The van der Waals surface area contributed by atoms with E-state index in [9.17, 15) is 0 Å². The van der Waals surface area contributed by atoms with Crippen molar-refractivity contribution in [1.29, 1.82) is 0 Å². The van der Waals surface area contributed by atoms with Crippen LogP contribution in [0.4, 0.5) is 0 Å². The van der Waals surface area contributed by atoms with Gasteiger partial charge in [-0.3, -0.25) is 0 Å². The third kappa shape index (κ3) is 7.37. The lowest BCUT2D eigenvalue weighted by molar-refractivity contribution is 0.354. The van der Waals surface area contributed by atoms with Crippen molar-refractivity contribution in [3.05, 3.63) is 22.2 Å². The second-order valence-corrected chi connectivity index (χ2v) is 6.65. The molecule has 0 aromatic heterocycles. The number of methoxy groups -OCH3 is 2. The molecule has 0 atom stereocenters. The van der Waals surface area contributed by atoms with Crippen LogP contribution >= 0.6 is 28.1 Å². The summed E-state index contributed by atoms with van der Waals surface area (Å²) in [6.07, 6.45) is 1.90. The van der Waals surface area contributed by atoms with Crippen molar-refractivity contribution >= 4 is 33.3 Å². The summed E-state index contributed by atoms with van der Waals surface area (Å²) in [5.41, 5.74) is 1.14. The van der Waals surface area contributed by atoms with E-state index < -0.39 is 0 Å². The Morgan fingerprint density at radius 3 is 2.35 bits per heavy atom. The summed E-state index contributed by atoms with van der Waals surface area (Å²) in [5, 5.41) is 7.14. The monoisotopic (exact) mass is 403 g/mol. The van der Waals surface area contributed by atoms with Gasteiger partial charge in [0.1, 0.15) is 0 Å². The molecule has 7 heteroatoms. The van der Waals surface area contributed by atoms with Crippen LogP contribution in [0.1, 0.15) is 12.0 Å². The number of rotatable bonds is 9. The normalized spacial score (nSPS) is 10.5. The van der Waals surface area contributed by atoms with Crippen molar-refractivity contribution in [2.45, 2.75) is 12.8 Å². The first kappa shape index (κ1) is 20.0. The zero-order valence-corrected chi connectivity index (χ0v) is 16.6. The smallest absolute Gasteiger partial charge is 0.166 e. The average molecular weight is 404 g/mol. The highest BCUT2D eigenvalue weighted by Crippen LogP contribution is 2.33. The number of nitrogens with zero attached hydrogens (tertiary/aromatic N) is 1. The predicted octanol–water partition coefficient (Wildman–Crippen LogP) is 2.42. The van der Waals surface area contributed by atoms with Crippen molar-refractivity contribution in [1.82, 2.24) is 15.5 Å². The molecule has 0 aliphatic rings. The Morgan fingerprint density at radius 2 is 1.74 bits per heavy atom. The summed E-state index contributed by atoms with van der Waals surface area (Å²) >= 11 is 8.84. The van der Waals surface area contributed by atoms with Gasteiger partial charge in [0.05, 0.1) is 14.2 Å². The first-order valence-electron chi connectivity index (χ1n) is 7.54. The maximum Gasteiger partial charge on any atom is 0.166 e. The fraction of sp³-hybridized carbons (Fsp3) is 0.562. The standard InChI is InChI=1S/C16H26BrN3O2S/c1-20(2)9-5-7-18-16(23)19-8-6-12-10-14(21-3)15(22-4)11-13(12)17/h10-11H,5-9H2,1-4H3,(H2,18,19,23). The van der Waals surface area contributed by atoms with Crippen LogP contribution in [0.3, 0.4) is 0 Å². The minimum absolute atomic E-state index is 0.695. The fourth-order valence-corrected chi connectivity index (χ4v) is 2.78. The summed E-state index contributed by atoms with van der Waals surface area (Å²) < 4.78 is 11.6. The number of hydrogen-bond donors (Lipinski definition) is 2. The summed E-state index contributed by atoms with van der Waals surface area (Å²) in [4.78, 5) is 2.16. The van der Waals surface area contributed by atoms with Crippen LogP contribution in [0, 0.1) is 0 Å². The molecule has 23 heavy (non-hydrogen) atoms. The van der Waals surface area contributed by atoms with E-state index >= 15 is 0 Å². The van der Waals surface area contributed by atoms with Crippen LogP contribution in [-0.4, -0.2) is 58.0 Å². The molecule has 0 radical (unpaired) electrons. The van der Waals surface area contributed by atoms with Gasteiger partial charge in [0.15, 0.2) is 16.6 Å². The highest BCUT2D eigenvalue weighted by molar-refractivity contribution is 9.10. The molecule has 1 aromatic carbocycles. The van der Waals surface area contributed by atoms with Crippen molar-refractivity contribution < 1.29 is 9.47 Å². The predicted molar refractivity (Wildman–Crippen MR) is 103 cm³/mol. The summed E-state index contributed by atoms with van der Waals surface area (Å²) in [6.45, 7) is 2.69. The SMILES string of the molecule is COc1cc(Br)c(CCNC(=S)NCCCN(C)C)cc1OC. The van der Waals surface area contributed by atoms with Gasteiger partial charge in [0, 0.05) is 17.6 Å². The second kappa shape index (κ2) is 10.7. The maximum absolute atomic E-state index is 5.34. The molecule has 0 aliphatic carbocycles. The molecule has 0 saturated heterocycles. The van der Waals surface area contributed by atoms with Crippen LogP contribution in [-0.2, 0) is 6.42 Å². The van der Waals surface area contributed by atoms with Gasteiger partial charge in [0.2, 0.25) is 0 Å². The van der Waals surface area contributed by atoms with Gasteiger partial charge in [-0.1, -0.05) is 15.9 Å². The molecule has 0 spiro atoms. The van der Waals surface area contributed by atoms with E-state index in [-0.39, 0.29) is 0 Å². The van der Waals surface area contributed by atoms with Crippen molar-refractivity contribution in [2.75, 3.05) is 47.9 Å².